The average molecular weight is 262 g/mol. The fourth-order valence-corrected chi connectivity index (χ4v) is 2.11. The van der Waals surface area contributed by atoms with Gasteiger partial charge in [-0.15, -0.1) is 0 Å². The van der Waals surface area contributed by atoms with E-state index in [0.717, 1.165) is 0 Å². The highest BCUT2D eigenvalue weighted by Crippen LogP contribution is 2.24. The zero-order valence-corrected chi connectivity index (χ0v) is 11.9. The molecular formula is C13H24F2N2O. The molecule has 0 saturated carbocycles. The number of likely N-dealkylation sites (tertiary alicyclic amines) is 1. The van der Waals surface area contributed by atoms with Gasteiger partial charge in [0.2, 0.25) is 5.91 Å². The average Bonchev–Trinajstić information content (AvgIpc) is 2.56. The van der Waals surface area contributed by atoms with Crippen molar-refractivity contribution in [2.75, 3.05) is 19.8 Å². The molecule has 0 aromatic rings. The number of amides is 1. The Morgan fingerprint density at radius 2 is 1.83 bits per heavy atom. The van der Waals surface area contributed by atoms with Crippen LogP contribution in [0.4, 0.5) is 8.78 Å². The number of halogens is 2. The molecule has 1 amide bonds. The molecule has 2 atom stereocenters. The van der Waals surface area contributed by atoms with Gasteiger partial charge in [-0.1, -0.05) is 0 Å². The van der Waals surface area contributed by atoms with Crippen LogP contribution >= 0.6 is 0 Å². The second-order valence-corrected chi connectivity index (χ2v) is 6.74. The first-order valence-corrected chi connectivity index (χ1v) is 6.34. The molecule has 0 aromatic carbocycles. The summed E-state index contributed by atoms with van der Waals surface area (Å²) in [6.07, 6.45) is -1.09. The molecule has 1 N–H and O–H groups in total. The smallest absolute Gasteiger partial charge is 0.231 e. The van der Waals surface area contributed by atoms with Crippen LogP contribution < -0.4 is 5.32 Å². The number of hydrogen-bond acceptors (Lipinski definition) is 2. The van der Waals surface area contributed by atoms with E-state index < -0.39 is 18.3 Å². The SMILES string of the molecule is CC(C)(C)N[C@@H]1CN(C(=O)C(C)(C)CF)C[C@@H]1F. The Morgan fingerprint density at radius 1 is 1.28 bits per heavy atom. The van der Waals surface area contributed by atoms with Gasteiger partial charge >= 0.3 is 0 Å². The van der Waals surface area contributed by atoms with Gasteiger partial charge in [-0.3, -0.25) is 4.79 Å². The molecule has 0 bridgehead atoms. The van der Waals surface area contributed by atoms with Gasteiger partial charge < -0.3 is 10.2 Å². The Kier molecular flexibility index (Phi) is 4.36. The van der Waals surface area contributed by atoms with E-state index in [-0.39, 0.29) is 24.0 Å². The van der Waals surface area contributed by atoms with E-state index in [0.29, 0.717) is 6.54 Å². The van der Waals surface area contributed by atoms with Crippen LogP contribution in [0.15, 0.2) is 0 Å². The lowest BCUT2D eigenvalue weighted by Gasteiger charge is -2.28. The molecule has 0 spiro atoms. The summed E-state index contributed by atoms with van der Waals surface area (Å²) < 4.78 is 26.7. The number of carbonyl (C=O) groups is 1. The number of rotatable bonds is 3. The Morgan fingerprint density at radius 3 is 2.28 bits per heavy atom. The van der Waals surface area contributed by atoms with Crippen LogP contribution in [0.25, 0.3) is 0 Å². The second kappa shape index (κ2) is 5.11. The highest BCUT2D eigenvalue weighted by Gasteiger charge is 2.41. The lowest BCUT2D eigenvalue weighted by molar-refractivity contribution is -0.140. The topological polar surface area (TPSA) is 32.3 Å². The van der Waals surface area contributed by atoms with Gasteiger partial charge in [0.25, 0.3) is 0 Å². The Hall–Kier alpha value is -0.710. The van der Waals surface area contributed by atoms with Crippen LogP contribution in [0.2, 0.25) is 0 Å². The zero-order valence-electron chi connectivity index (χ0n) is 11.9. The van der Waals surface area contributed by atoms with Gasteiger partial charge in [-0.05, 0) is 34.6 Å². The molecule has 1 rings (SSSR count). The van der Waals surface area contributed by atoms with Crippen molar-refractivity contribution in [3.05, 3.63) is 0 Å². The molecule has 0 radical (unpaired) electrons. The van der Waals surface area contributed by atoms with Crippen molar-refractivity contribution in [2.24, 2.45) is 5.41 Å². The van der Waals surface area contributed by atoms with Crippen molar-refractivity contribution in [1.82, 2.24) is 10.2 Å². The third kappa shape index (κ3) is 3.64. The summed E-state index contributed by atoms with van der Waals surface area (Å²) in [6, 6.07) is -0.371. The molecule has 0 unspecified atom stereocenters. The zero-order chi connectivity index (χ0) is 14.1. The van der Waals surface area contributed by atoms with Crippen LogP contribution in [0.1, 0.15) is 34.6 Å². The molecule has 3 nitrogen and oxygen atoms in total. The van der Waals surface area contributed by atoms with Crippen molar-refractivity contribution in [1.29, 1.82) is 0 Å². The Labute approximate surface area is 108 Å². The third-order valence-corrected chi connectivity index (χ3v) is 3.07. The largest absolute Gasteiger partial charge is 0.337 e. The summed E-state index contributed by atoms with van der Waals surface area (Å²) in [7, 11) is 0. The number of hydrogen-bond donors (Lipinski definition) is 1. The van der Waals surface area contributed by atoms with E-state index in [4.69, 9.17) is 0 Å². The maximum absolute atomic E-state index is 13.9. The summed E-state index contributed by atoms with van der Waals surface area (Å²) in [5.74, 6) is -0.314. The Balaban J connectivity index is 2.67. The standard InChI is InChI=1S/C13H24F2N2O/c1-12(2,3)16-10-7-17(6-9(10)15)11(18)13(4,5)8-14/h9-10,16H,6-8H2,1-5H3/t9-,10+/m0/s1. The summed E-state index contributed by atoms with van der Waals surface area (Å²) in [5.41, 5.74) is -1.26. The van der Waals surface area contributed by atoms with E-state index in [1.165, 1.54) is 4.90 Å². The number of alkyl halides is 2. The minimum Gasteiger partial charge on any atom is -0.337 e. The molecule has 1 aliphatic heterocycles. The normalized spacial score (nSPS) is 25.6. The molecule has 1 heterocycles. The van der Waals surface area contributed by atoms with Crippen LogP contribution in [0.5, 0.6) is 0 Å². The lowest BCUT2D eigenvalue weighted by atomic mass is 9.94. The minimum atomic E-state index is -1.09. The molecule has 18 heavy (non-hydrogen) atoms. The first-order chi connectivity index (χ1) is 8.07. The summed E-state index contributed by atoms with van der Waals surface area (Å²) in [6.45, 7) is 8.59. The van der Waals surface area contributed by atoms with E-state index in [9.17, 15) is 13.6 Å². The monoisotopic (exact) mass is 262 g/mol. The van der Waals surface area contributed by atoms with Crippen molar-refractivity contribution in [2.45, 2.75) is 52.4 Å². The van der Waals surface area contributed by atoms with Crippen molar-refractivity contribution in [3.63, 3.8) is 0 Å². The fraction of sp³-hybridized carbons (Fsp3) is 0.923. The molecule has 0 aromatic heterocycles. The van der Waals surface area contributed by atoms with E-state index in [1.807, 2.05) is 20.8 Å². The van der Waals surface area contributed by atoms with Gasteiger partial charge in [0, 0.05) is 12.1 Å². The van der Waals surface area contributed by atoms with Gasteiger partial charge in [0.15, 0.2) is 0 Å². The van der Waals surface area contributed by atoms with Crippen molar-refractivity contribution in [3.8, 4) is 0 Å². The lowest BCUT2D eigenvalue weighted by Crippen LogP contribution is -2.49. The minimum absolute atomic E-state index is 0.0516. The van der Waals surface area contributed by atoms with E-state index >= 15 is 0 Å². The van der Waals surface area contributed by atoms with Gasteiger partial charge in [0.1, 0.15) is 12.8 Å². The molecule has 1 fully saturated rings. The number of nitrogens with one attached hydrogen (secondary N) is 1. The van der Waals surface area contributed by atoms with E-state index in [2.05, 4.69) is 5.32 Å². The predicted molar refractivity (Wildman–Crippen MR) is 67.9 cm³/mol. The van der Waals surface area contributed by atoms with Crippen LogP contribution in [-0.4, -0.2) is 48.3 Å². The van der Waals surface area contributed by atoms with Crippen LogP contribution in [0, 0.1) is 5.41 Å². The first-order valence-electron chi connectivity index (χ1n) is 6.34. The molecule has 106 valence electrons. The van der Waals surface area contributed by atoms with Gasteiger partial charge in [-0.25, -0.2) is 8.78 Å². The first kappa shape index (κ1) is 15.3. The van der Waals surface area contributed by atoms with Crippen LogP contribution in [0.3, 0.4) is 0 Å². The quantitative estimate of drug-likeness (QED) is 0.843. The summed E-state index contributed by atoms with van der Waals surface area (Å²) >= 11 is 0. The maximum Gasteiger partial charge on any atom is 0.231 e. The third-order valence-electron chi connectivity index (χ3n) is 3.07. The number of nitrogens with zero attached hydrogens (tertiary/aromatic N) is 1. The number of carbonyl (C=O) groups excluding carboxylic acids is 1. The molecule has 0 aliphatic carbocycles. The predicted octanol–water partition coefficient (Wildman–Crippen LogP) is 1.92. The second-order valence-electron chi connectivity index (χ2n) is 6.74. The molecule has 5 heteroatoms. The summed E-state index contributed by atoms with van der Waals surface area (Å²) in [5, 5.41) is 3.16. The highest BCUT2D eigenvalue weighted by molar-refractivity contribution is 5.82. The maximum atomic E-state index is 13.9. The van der Waals surface area contributed by atoms with E-state index in [1.54, 1.807) is 13.8 Å². The highest BCUT2D eigenvalue weighted by atomic mass is 19.1. The van der Waals surface area contributed by atoms with Crippen molar-refractivity contribution >= 4 is 5.91 Å². The van der Waals surface area contributed by atoms with Gasteiger partial charge in [0.05, 0.1) is 18.0 Å². The molecule has 1 saturated heterocycles. The fourth-order valence-electron chi connectivity index (χ4n) is 2.11. The molecular weight excluding hydrogens is 238 g/mol. The molecule has 1 aliphatic rings. The van der Waals surface area contributed by atoms with Gasteiger partial charge in [-0.2, -0.15) is 0 Å². The van der Waals surface area contributed by atoms with Crippen molar-refractivity contribution < 1.29 is 13.6 Å². The Bertz CT molecular complexity index is 313. The summed E-state index contributed by atoms with van der Waals surface area (Å²) in [4.78, 5) is 13.5. The van der Waals surface area contributed by atoms with Crippen LogP contribution in [-0.2, 0) is 4.79 Å².